The van der Waals surface area contributed by atoms with Gasteiger partial charge in [0.05, 0.1) is 0 Å². The molecule has 0 aromatic carbocycles. The third-order valence-corrected chi connectivity index (χ3v) is 1.29. The molecule has 1 saturated heterocycles. The highest BCUT2D eigenvalue weighted by Gasteiger charge is 2.37. The SMILES string of the molecule is CC(C)=CC(=O)OC1OC1C. The van der Waals surface area contributed by atoms with Crippen molar-refractivity contribution in [1.82, 2.24) is 0 Å². The zero-order valence-electron chi connectivity index (χ0n) is 6.96. The third-order valence-electron chi connectivity index (χ3n) is 1.29. The molecule has 0 saturated carbocycles. The van der Waals surface area contributed by atoms with Crippen LogP contribution in [0.15, 0.2) is 11.6 Å². The minimum Gasteiger partial charge on any atom is -0.430 e. The van der Waals surface area contributed by atoms with Crippen LogP contribution in [0.25, 0.3) is 0 Å². The van der Waals surface area contributed by atoms with Gasteiger partial charge in [-0.1, -0.05) is 5.57 Å². The fourth-order valence-corrected chi connectivity index (χ4v) is 0.674. The number of carbonyl (C=O) groups is 1. The second-order valence-electron chi connectivity index (χ2n) is 2.87. The van der Waals surface area contributed by atoms with Gasteiger partial charge in [-0.05, 0) is 20.8 Å². The molecule has 0 N–H and O–H groups in total. The number of ether oxygens (including phenoxy) is 2. The zero-order chi connectivity index (χ0) is 8.43. The lowest BCUT2D eigenvalue weighted by Crippen LogP contribution is -2.05. The summed E-state index contributed by atoms with van der Waals surface area (Å²) in [7, 11) is 0. The molecular weight excluding hydrogens is 144 g/mol. The molecule has 62 valence electrons. The van der Waals surface area contributed by atoms with E-state index in [-0.39, 0.29) is 18.4 Å². The largest absolute Gasteiger partial charge is 0.430 e. The predicted octanol–water partition coefficient (Wildman–Crippen LogP) is 1.24. The second-order valence-corrected chi connectivity index (χ2v) is 2.87. The summed E-state index contributed by atoms with van der Waals surface area (Å²) < 4.78 is 9.74. The highest BCUT2D eigenvalue weighted by atomic mass is 16.8. The number of rotatable bonds is 2. The van der Waals surface area contributed by atoms with E-state index in [1.54, 1.807) is 0 Å². The number of esters is 1. The molecule has 0 aliphatic carbocycles. The molecule has 2 atom stereocenters. The molecule has 3 heteroatoms. The summed E-state index contributed by atoms with van der Waals surface area (Å²) in [6.45, 7) is 5.55. The van der Waals surface area contributed by atoms with Crippen LogP contribution in [-0.2, 0) is 14.3 Å². The number of hydrogen-bond acceptors (Lipinski definition) is 3. The molecule has 2 unspecified atom stereocenters. The van der Waals surface area contributed by atoms with Gasteiger partial charge in [-0.15, -0.1) is 0 Å². The maximum Gasteiger partial charge on any atom is 0.333 e. The number of hydrogen-bond donors (Lipinski definition) is 0. The van der Waals surface area contributed by atoms with Gasteiger partial charge in [-0.25, -0.2) is 4.79 Å². The summed E-state index contributed by atoms with van der Waals surface area (Å²) in [5.74, 6) is -0.320. The van der Waals surface area contributed by atoms with E-state index in [0.717, 1.165) is 5.57 Å². The maximum atomic E-state index is 10.9. The Morgan fingerprint density at radius 3 is 2.45 bits per heavy atom. The maximum absolute atomic E-state index is 10.9. The van der Waals surface area contributed by atoms with Crippen molar-refractivity contribution < 1.29 is 14.3 Å². The molecule has 1 fully saturated rings. The van der Waals surface area contributed by atoms with E-state index in [2.05, 4.69) is 0 Å². The van der Waals surface area contributed by atoms with Crippen LogP contribution in [0.5, 0.6) is 0 Å². The van der Waals surface area contributed by atoms with Crippen molar-refractivity contribution in [2.75, 3.05) is 0 Å². The quantitative estimate of drug-likeness (QED) is 0.343. The summed E-state index contributed by atoms with van der Waals surface area (Å²) in [5, 5.41) is 0. The first-order chi connectivity index (χ1) is 5.09. The van der Waals surface area contributed by atoms with Crippen molar-refractivity contribution in [2.24, 2.45) is 0 Å². The highest BCUT2D eigenvalue weighted by molar-refractivity contribution is 5.82. The molecule has 1 aliphatic heterocycles. The van der Waals surface area contributed by atoms with E-state index >= 15 is 0 Å². The van der Waals surface area contributed by atoms with Crippen LogP contribution >= 0.6 is 0 Å². The van der Waals surface area contributed by atoms with Gasteiger partial charge in [0.15, 0.2) is 0 Å². The molecule has 1 rings (SSSR count). The lowest BCUT2D eigenvalue weighted by molar-refractivity contribution is -0.142. The van der Waals surface area contributed by atoms with Crippen molar-refractivity contribution in [2.45, 2.75) is 33.2 Å². The number of allylic oxidation sites excluding steroid dienone is 1. The summed E-state index contributed by atoms with van der Waals surface area (Å²) in [4.78, 5) is 10.9. The van der Waals surface area contributed by atoms with Crippen molar-refractivity contribution in [3.05, 3.63) is 11.6 Å². The topological polar surface area (TPSA) is 38.8 Å². The lowest BCUT2D eigenvalue weighted by Gasteiger charge is -1.94. The zero-order valence-corrected chi connectivity index (χ0v) is 6.96. The normalized spacial score (nSPS) is 27.5. The van der Waals surface area contributed by atoms with E-state index in [4.69, 9.17) is 9.47 Å². The van der Waals surface area contributed by atoms with Gasteiger partial charge in [0.25, 0.3) is 0 Å². The molecule has 0 aromatic rings. The van der Waals surface area contributed by atoms with E-state index in [0.29, 0.717) is 0 Å². The Morgan fingerprint density at radius 2 is 2.09 bits per heavy atom. The molecule has 0 amide bonds. The fraction of sp³-hybridized carbons (Fsp3) is 0.625. The molecular formula is C8H12O3. The van der Waals surface area contributed by atoms with Gasteiger partial charge in [0.2, 0.25) is 6.29 Å². The van der Waals surface area contributed by atoms with Crippen LogP contribution in [-0.4, -0.2) is 18.4 Å². The Morgan fingerprint density at radius 1 is 1.55 bits per heavy atom. The molecule has 0 bridgehead atoms. The summed E-state index contributed by atoms with van der Waals surface area (Å²) in [6.07, 6.45) is 1.22. The average Bonchev–Trinajstić information content (AvgIpc) is 2.43. The first kappa shape index (κ1) is 8.27. The number of carbonyl (C=O) groups excluding carboxylic acids is 1. The molecule has 1 heterocycles. The van der Waals surface area contributed by atoms with E-state index in [1.165, 1.54) is 6.08 Å². The molecule has 11 heavy (non-hydrogen) atoms. The van der Waals surface area contributed by atoms with Crippen LogP contribution in [0.2, 0.25) is 0 Å². The van der Waals surface area contributed by atoms with Gasteiger partial charge in [-0.2, -0.15) is 0 Å². The molecule has 0 spiro atoms. The van der Waals surface area contributed by atoms with Crippen molar-refractivity contribution in [3.8, 4) is 0 Å². The Labute approximate surface area is 66.0 Å². The Balaban J connectivity index is 2.27. The van der Waals surface area contributed by atoms with Gasteiger partial charge < -0.3 is 9.47 Å². The summed E-state index contributed by atoms with van der Waals surface area (Å²) in [5.41, 5.74) is 0.934. The highest BCUT2D eigenvalue weighted by Crippen LogP contribution is 2.22. The first-order valence-electron chi connectivity index (χ1n) is 3.60. The van der Waals surface area contributed by atoms with Crippen LogP contribution in [0, 0.1) is 0 Å². The van der Waals surface area contributed by atoms with Crippen molar-refractivity contribution >= 4 is 5.97 Å². The van der Waals surface area contributed by atoms with Crippen LogP contribution < -0.4 is 0 Å². The van der Waals surface area contributed by atoms with Crippen LogP contribution in [0.4, 0.5) is 0 Å². The minimum absolute atomic E-state index is 0.0736. The third kappa shape index (κ3) is 2.72. The predicted molar refractivity (Wildman–Crippen MR) is 39.9 cm³/mol. The fourth-order valence-electron chi connectivity index (χ4n) is 0.674. The molecule has 1 aliphatic rings. The van der Waals surface area contributed by atoms with E-state index in [9.17, 15) is 4.79 Å². The Kier molecular flexibility index (Phi) is 2.29. The monoisotopic (exact) mass is 156 g/mol. The Hall–Kier alpha value is -0.830. The van der Waals surface area contributed by atoms with E-state index in [1.807, 2.05) is 20.8 Å². The standard InChI is InChI=1S/C8H12O3/c1-5(2)4-7(9)11-8-6(3)10-8/h4,6,8H,1-3H3. The van der Waals surface area contributed by atoms with Gasteiger partial charge in [-0.3, -0.25) is 0 Å². The minimum atomic E-state index is -0.320. The average molecular weight is 156 g/mol. The van der Waals surface area contributed by atoms with Crippen molar-refractivity contribution in [1.29, 1.82) is 0 Å². The molecule has 0 radical (unpaired) electrons. The summed E-state index contributed by atoms with van der Waals surface area (Å²) in [6, 6.07) is 0. The smallest absolute Gasteiger partial charge is 0.333 e. The summed E-state index contributed by atoms with van der Waals surface area (Å²) >= 11 is 0. The Bertz CT molecular complexity index is 192. The second kappa shape index (κ2) is 3.05. The van der Waals surface area contributed by atoms with E-state index < -0.39 is 0 Å². The van der Waals surface area contributed by atoms with Gasteiger partial charge >= 0.3 is 5.97 Å². The van der Waals surface area contributed by atoms with Gasteiger partial charge in [0.1, 0.15) is 6.10 Å². The molecule has 3 nitrogen and oxygen atoms in total. The first-order valence-corrected chi connectivity index (χ1v) is 3.60. The van der Waals surface area contributed by atoms with Gasteiger partial charge in [0, 0.05) is 6.08 Å². The van der Waals surface area contributed by atoms with Crippen LogP contribution in [0.3, 0.4) is 0 Å². The number of epoxide rings is 1. The molecule has 0 aromatic heterocycles. The lowest BCUT2D eigenvalue weighted by atomic mass is 10.3. The van der Waals surface area contributed by atoms with Crippen LogP contribution in [0.1, 0.15) is 20.8 Å². The van der Waals surface area contributed by atoms with Crippen molar-refractivity contribution in [3.63, 3.8) is 0 Å².